The van der Waals surface area contributed by atoms with Crippen molar-refractivity contribution in [2.45, 2.75) is 52.2 Å². The minimum Gasteiger partial charge on any atom is -0.872 e. The molecule has 3 aliphatic rings. The lowest BCUT2D eigenvalue weighted by atomic mass is 9.94. The zero-order valence-electron chi connectivity index (χ0n) is 24.2. The lowest BCUT2D eigenvalue weighted by Gasteiger charge is -2.30. The van der Waals surface area contributed by atoms with Crippen molar-refractivity contribution in [3.63, 3.8) is 0 Å². The molecule has 9 nitrogen and oxygen atoms in total. The number of benzene rings is 2. The van der Waals surface area contributed by atoms with Crippen molar-refractivity contribution in [3.05, 3.63) is 58.7 Å². The second-order valence-electron chi connectivity index (χ2n) is 10.9. The standard InChI is InChI=1S/C32H40N2O7/c1-4-6-15-40-26-10-7-22(20-27(26)39-5-2)29-28(30(35)23-8-9-25-24(19-23)18-21(3)41-25)31(36)32(37)34(29)12-11-33-13-16-38-17-14-33/h7-10,19-21,29,35H,4-6,11-18H2,1-3H3/b30-28+. The fourth-order valence-corrected chi connectivity index (χ4v) is 5.76. The van der Waals surface area contributed by atoms with Gasteiger partial charge in [-0.05, 0) is 61.2 Å². The third-order valence-electron chi connectivity index (χ3n) is 7.93. The Morgan fingerprint density at radius 1 is 1.07 bits per heavy atom. The molecule has 3 aliphatic heterocycles. The van der Waals surface area contributed by atoms with E-state index in [0.29, 0.717) is 68.6 Å². The highest BCUT2D eigenvalue weighted by molar-refractivity contribution is 6.46. The first-order chi connectivity index (χ1) is 19.9. The Hall–Kier alpha value is -3.56. The van der Waals surface area contributed by atoms with Gasteiger partial charge in [0.15, 0.2) is 11.5 Å². The quantitative estimate of drug-likeness (QED) is 0.192. The number of rotatable bonds is 11. The highest BCUT2D eigenvalue weighted by Crippen LogP contribution is 2.42. The van der Waals surface area contributed by atoms with Crippen LogP contribution in [0.5, 0.6) is 17.2 Å². The highest BCUT2D eigenvalue weighted by atomic mass is 16.5. The number of fused-ring (bicyclic) bond motifs is 1. The predicted octanol–water partition coefficient (Wildman–Crippen LogP) is 1.73. The molecule has 0 saturated carbocycles. The Morgan fingerprint density at radius 3 is 2.63 bits per heavy atom. The van der Waals surface area contributed by atoms with Crippen molar-refractivity contribution in [3.8, 4) is 17.2 Å². The van der Waals surface area contributed by atoms with Crippen LogP contribution in [0.3, 0.4) is 0 Å². The van der Waals surface area contributed by atoms with Gasteiger partial charge in [-0.15, -0.1) is 0 Å². The number of ketones is 1. The SMILES string of the molecule is CCCCOc1ccc(C2/C(=C(\[O-])c3ccc4c(c3)CC(C)O4)C(=O)C(=O)N2CC[NH+]2CCOCC2)cc1OCC. The van der Waals surface area contributed by atoms with E-state index < -0.39 is 23.5 Å². The normalized spacial score (nSPS) is 22.1. The maximum Gasteiger partial charge on any atom is 0.295 e. The van der Waals surface area contributed by atoms with E-state index >= 15 is 0 Å². The molecule has 2 fully saturated rings. The van der Waals surface area contributed by atoms with Crippen LogP contribution < -0.4 is 24.2 Å². The van der Waals surface area contributed by atoms with Gasteiger partial charge in [0.1, 0.15) is 24.9 Å². The van der Waals surface area contributed by atoms with Crippen molar-refractivity contribution < 1.29 is 38.5 Å². The van der Waals surface area contributed by atoms with E-state index in [1.807, 2.05) is 26.0 Å². The lowest BCUT2D eigenvalue weighted by Crippen LogP contribution is -3.14. The van der Waals surface area contributed by atoms with E-state index in [1.165, 1.54) is 4.90 Å². The van der Waals surface area contributed by atoms with Gasteiger partial charge in [0, 0.05) is 12.0 Å². The summed E-state index contributed by atoms with van der Waals surface area (Å²) in [5.74, 6) is 0.0538. The zero-order valence-corrected chi connectivity index (χ0v) is 24.2. The number of unbranched alkanes of at least 4 members (excludes halogenated alkanes) is 1. The van der Waals surface area contributed by atoms with E-state index in [-0.39, 0.29) is 11.7 Å². The summed E-state index contributed by atoms with van der Waals surface area (Å²) in [7, 11) is 0. The molecule has 0 spiro atoms. The third-order valence-corrected chi connectivity index (χ3v) is 7.93. The van der Waals surface area contributed by atoms with Crippen molar-refractivity contribution in [1.82, 2.24) is 4.90 Å². The monoisotopic (exact) mass is 564 g/mol. The number of morpholine rings is 1. The van der Waals surface area contributed by atoms with Crippen LogP contribution >= 0.6 is 0 Å². The van der Waals surface area contributed by atoms with Crippen LogP contribution in [0.1, 0.15) is 56.3 Å². The molecular weight excluding hydrogens is 524 g/mol. The van der Waals surface area contributed by atoms with Crippen LogP contribution in [0.15, 0.2) is 42.0 Å². The maximum atomic E-state index is 14.0. The molecule has 0 aromatic heterocycles. The molecule has 9 heteroatoms. The summed E-state index contributed by atoms with van der Waals surface area (Å²) in [4.78, 5) is 29.9. The molecule has 1 N–H and O–H groups in total. The molecule has 2 atom stereocenters. The zero-order chi connectivity index (χ0) is 28.9. The molecular formula is C32H40N2O7. The molecule has 3 heterocycles. The Morgan fingerprint density at radius 2 is 1.88 bits per heavy atom. The molecule has 2 unspecified atom stereocenters. The van der Waals surface area contributed by atoms with Crippen molar-refractivity contribution in [1.29, 1.82) is 0 Å². The third kappa shape index (κ3) is 6.21. The number of ether oxygens (including phenoxy) is 4. The minimum atomic E-state index is -0.824. The molecule has 2 saturated heterocycles. The van der Waals surface area contributed by atoms with Gasteiger partial charge >= 0.3 is 0 Å². The largest absolute Gasteiger partial charge is 0.872 e. The predicted molar refractivity (Wildman–Crippen MR) is 151 cm³/mol. The Balaban J connectivity index is 1.54. The summed E-state index contributed by atoms with van der Waals surface area (Å²) < 4.78 is 23.2. The number of hydrogen-bond acceptors (Lipinski definition) is 7. The van der Waals surface area contributed by atoms with Crippen molar-refractivity contribution in [2.24, 2.45) is 0 Å². The fourth-order valence-electron chi connectivity index (χ4n) is 5.76. The molecule has 41 heavy (non-hydrogen) atoms. The average molecular weight is 565 g/mol. The van der Waals surface area contributed by atoms with Crippen LogP contribution in [-0.4, -0.2) is 75.3 Å². The van der Waals surface area contributed by atoms with E-state index in [0.717, 1.165) is 37.2 Å². The first-order valence-electron chi connectivity index (χ1n) is 14.8. The van der Waals surface area contributed by atoms with Gasteiger partial charge in [0.2, 0.25) is 5.78 Å². The van der Waals surface area contributed by atoms with Crippen molar-refractivity contribution in [2.75, 3.05) is 52.6 Å². The maximum absolute atomic E-state index is 14.0. The van der Waals surface area contributed by atoms with E-state index in [2.05, 4.69) is 6.92 Å². The van der Waals surface area contributed by atoms with Crippen LogP contribution in [0, 0.1) is 0 Å². The van der Waals surface area contributed by atoms with Gasteiger partial charge in [-0.3, -0.25) is 9.59 Å². The van der Waals surface area contributed by atoms with E-state index in [9.17, 15) is 14.7 Å². The smallest absolute Gasteiger partial charge is 0.295 e. The number of carbonyl (C=O) groups excluding carboxylic acids is 2. The summed E-state index contributed by atoms with van der Waals surface area (Å²) >= 11 is 0. The van der Waals surface area contributed by atoms with Crippen LogP contribution in [0.4, 0.5) is 0 Å². The number of hydrogen-bond donors (Lipinski definition) is 1. The topological polar surface area (TPSA) is 102 Å². The molecule has 0 radical (unpaired) electrons. The van der Waals surface area contributed by atoms with Gasteiger partial charge < -0.3 is 33.9 Å². The van der Waals surface area contributed by atoms with Gasteiger partial charge in [0.25, 0.3) is 5.91 Å². The van der Waals surface area contributed by atoms with Crippen LogP contribution in [0.2, 0.25) is 0 Å². The second kappa shape index (κ2) is 13.0. The van der Waals surface area contributed by atoms with E-state index in [1.54, 1.807) is 29.2 Å². The summed E-state index contributed by atoms with van der Waals surface area (Å²) in [5, 5.41) is 14.0. The highest BCUT2D eigenvalue weighted by Gasteiger charge is 2.45. The summed E-state index contributed by atoms with van der Waals surface area (Å²) in [6.07, 6.45) is 2.63. The van der Waals surface area contributed by atoms with Crippen LogP contribution in [0.25, 0.3) is 5.76 Å². The molecule has 5 rings (SSSR count). The Labute approximate surface area is 241 Å². The molecule has 2 aromatic carbocycles. The van der Waals surface area contributed by atoms with Gasteiger partial charge in [-0.2, -0.15) is 0 Å². The number of Topliss-reactive ketones (excluding diaryl/α,β-unsaturated/α-hetero) is 1. The Kier molecular flexibility index (Phi) is 9.15. The number of amides is 1. The number of quaternary nitrogens is 1. The number of carbonyl (C=O) groups is 2. The number of nitrogens with zero attached hydrogens (tertiary/aromatic N) is 1. The first kappa shape index (κ1) is 29.0. The molecule has 2 aromatic rings. The molecule has 0 bridgehead atoms. The summed E-state index contributed by atoms with van der Waals surface area (Å²) in [6, 6.07) is 9.87. The van der Waals surface area contributed by atoms with Gasteiger partial charge in [0.05, 0.1) is 45.6 Å². The summed E-state index contributed by atoms with van der Waals surface area (Å²) in [5.41, 5.74) is 1.93. The Bertz CT molecular complexity index is 1300. The molecule has 220 valence electrons. The molecule has 0 aliphatic carbocycles. The van der Waals surface area contributed by atoms with Crippen LogP contribution in [-0.2, 0) is 20.7 Å². The van der Waals surface area contributed by atoms with E-state index in [4.69, 9.17) is 18.9 Å². The fraction of sp³-hybridized carbons (Fsp3) is 0.500. The molecule has 1 amide bonds. The lowest BCUT2D eigenvalue weighted by molar-refractivity contribution is -0.907. The van der Waals surface area contributed by atoms with Crippen molar-refractivity contribution >= 4 is 17.4 Å². The van der Waals surface area contributed by atoms with Gasteiger partial charge in [-0.1, -0.05) is 31.2 Å². The van der Waals surface area contributed by atoms with Gasteiger partial charge in [-0.25, -0.2) is 0 Å². The average Bonchev–Trinajstić information content (AvgIpc) is 3.48. The first-order valence-corrected chi connectivity index (χ1v) is 14.8. The number of nitrogens with one attached hydrogen (secondary N) is 1. The summed E-state index contributed by atoms with van der Waals surface area (Å²) in [6.45, 7) is 11.0. The second-order valence-corrected chi connectivity index (χ2v) is 10.9. The minimum absolute atomic E-state index is 0.0265. The number of likely N-dealkylation sites (tertiary alicyclic amines) is 1.